The summed E-state index contributed by atoms with van der Waals surface area (Å²) in [4.78, 5) is 16.7. The summed E-state index contributed by atoms with van der Waals surface area (Å²) in [7, 11) is 0. The van der Waals surface area contributed by atoms with Crippen molar-refractivity contribution in [3.05, 3.63) is 64.5 Å². The van der Waals surface area contributed by atoms with E-state index in [1.54, 1.807) is 11.3 Å². The largest absolute Gasteiger partial charge is 0.367 e. The minimum Gasteiger partial charge on any atom is -0.367 e. The number of aryl methyl sites for hydroxylation is 1. The molecule has 30 heavy (non-hydrogen) atoms. The third-order valence-electron chi connectivity index (χ3n) is 5.53. The predicted octanol–water partition coefficient (Wildman–Crippen LogP) is 5.32. The molecule has 6 heteroatoms. The minimum atomic E-state index is 0.822. The maximum atomic E-state index is 4.92. The molecule has 5 rings (SSSR count). The topological polar surface area (TPSA) is 53.9 Å². The van der Waals surface area contributed by atoms with Gasteiger partial charge in [0.15, 0.2) is 11.6 Å². The number of nitrogens with zero attached hydrogens (tertiary/aromatic N) is 4. The third kappa shape index (κ3) is 4.00. The average Bonchev–Trinajstić information content (AvgIpc) is 3.46. The van der Waals surface area contributed by atoms with Crippen molar-refractivity contribution in [1.29, 1.82) is 0 Å². The van der Waals surface area contributed by atoms with Gasteiger partial charge in [-0.2, -0.15) is 0 Å². The molecule has 0 saturated carbocycles. The van der Waals surface area contributed by atoms with Crippen LogP contribution in [0.4, 0.5) is 11.6 Å². The molecule has 2 aromatic carbocycles. The van der Waals surface area contributed by atoms with E-state index in [1.807, 2.05) is 31.2 Å². The molecule has 0 amide bonds. The first kappa shape index (κ1) is 19.0. The van der Waals surface area contributed by atoms with Gasteiger partial charge in [0.05, 0.1) is 21.7 Å². The maximum Gasteiger partial charge on any atom is 0.172 e. The summed E-state index contributed by atoms with van der Waals surface area (Å²) in [5, 5.41) is 6.77. The first-order valence-electron chi connectivity index (χ1n) is 10.5. The van der Waals surface area contributed by atoms with Crippen molar-refractivity contribution in [2.24, 2.45) is 0 Å². The number of hydrogen-bond acceptors (Lipinski definition) is 6. The molecular formula is C24H25N5S. The van der Waals surface area contributed by atoms with E-state index < -0.39 is 0 Å². The van der Waals surface area contributed by atoms with Crippen LogP contribution >= 0.6 is 11.3 Å². The molecule has 0 aliphatic carbocycles. The standard InChI is InChI=1S/C24H25N5S/c1-17-26-22(16-30-17)19-10-8-18(9-11-19)12-13-25-23-24(29-14-4-5-15-29)28-21-7-3-2-6-20(21)27-23/h2-3,6-11,16H,4-5,12-15H2,1H3,(H,25,27). The summed E-state index contributed by atoms with van der Waals surface area (Å²) in [6.45, 7) is 4.97. The lowest BCUT2D eigenvalue weighted by Crippen LogP contribution is -2.22. The average molecular weight is 416 g/mol. The van der Waals surface area contributed by atoms with Gasteiger partial charge in [-0.3, -0.25) is 0 Å². The molecule has 0 spiro atoms. The summed E-state index contributed by atoms with van der Waals surface area (Å²) in [5.74, 6) is 1.88. The van der Waals surface area contributed by atoms with E-state index in [-0.39, 0.29) is 0 Å². The first-order chi connectivity index (χ1) is 14.8. The second kappa shape index (κ2) is 8.40. The van der Waals surface area contributed by atoms with Gasteiger partial charge in [0.1, 0.15) is 0 Å². The second-order valence-electron chi connectivity index (χ2n) is 7.70. The van der Waals surface area contributed by atoms with E-state index in [0.29, 0.717) is 0 Å². The minimum absolute atomic E-state index is 0.822. The van der Waals surface area contributed by atoms with Crippen molar-refractivity contribution >= 4 is 34.0 Å². The molecule has 0 atom stereocenters. The number of fused-ring (bicyclic) bond motifs is 1. The molecule has 1 saturated heterocycles. The van der Waals surface area contributed by atoms with E-state index in [4.69, 9.17) is 9.97 Å². The number of para-hydroxylation sites is 2. The van der Waals surface area contributed by atoms with Crippen molar-refractivity contribution < 1.29 is 0 Å². The van der Waals surface area contributed by atoms with Crippen LogP contribution in [0, 0.1) is 6.92 Å². The van der Waals surface area contributed by atoms with Crippen molar-refractivity contribution in [2.45, 2.75) is 26.2 Å². The highest BCUT2D eigenvalue weighted by Gasteiger charge is 2.19. The van der Waals surface area contributed by atoms with Gasteiger partial charge in [0.25, 0.3) is 0 Å². The van der Waals surface area contributed by atoms with Gasteiger partial charge in [0.2, 0.25) is 0 Å². The molecule has 1 N–H and O–H groups in total. The Hall–Kier alpha value is -2.99. The van der Waals surface area contributed by atoms with E-state index in [9.17, 15) is 0 Å². The molecule has 0 unspecified atom stereocenters. The molecule has 152 valence electrons. The van der Waals surface area contributed by atoms with Gasteiger partial charge in [-0.25, -0.2) is 15.0 Å². The number of thiazole rings is 1. The van der Waals surface area contributed by atoms with Gasteiger partial charge in [0, 0.05) is 30.6 Å². The fourth-order valence-electron chi connectivity index (χ4n) is 3.92. The summed E-state index contributed by atoms with van der Waals surface area (Å²) in [6.07, 6.45) is 3.38. The fraction of sp³-hybridized carbons (Fsp3) is 0.292. The number of anilines is 2. The van der Waals surface area contributed by atoms with Gasteiger partial charge >= 0.3 is 0 Å². The SMILES string of the molecule is Cc1nc(-c2ccc(CCNc3nc4ccccc4nc3N3CCCC3)cc2)cs1. The Morgan fingerprint density at radius 2 is 1.67 bits per heavy atom. The number of rotatable bonds is 6. The van der Waals surface area contributed by atoms with Gasteiger partial charge < -0.3 is 10.2 Å². The van der Waals surface area contributed by atoms with Gasteiger partial charge in [-0.1, -0.05) is 36.4 Å². The molecule has 5 nitrogen and oxygen atoms in total. The zero-order chi connectivity index (χ0) is 20.3. The Morgan fingerprint density at radius 3 is 2.37 bits per heavy atom. The van der Waals surface area contributed by atoms with Crippen LogP contribution in [0.5, 0.6) is 0 Å². The highest BCUT2D eigenvalue weighted by atomic mass is 32.1. The van der Waals surface area contributed by atoms with Gasteiger partial charge in [-0.05, 0) is 43.9 Å². The molecule has 1 fully saturated rings. The van der Waals surface area contributed by atoms with Crippen LogP contribution in [-0.2, 0) is 6.42 Å². The number of hydrogen-bond donors (Lipinski definition) is 1. The maximum absolute atomic E-state index is 4.92. The Bertz CT molecular complexity index is 1150. The summed E-state index contributed by atoms with van der Waals surface area (Å²) in [6, 6.07) is 16.8. The Morgan fingerprint density at radius 1 is 0.933 bits per heavy atom. The molecule has 3 heterocycles. The van der Waals surface area contributed by atoms with E-state index in [1.165, 1.54) is 24.0 Å². The van der Waals surface area contributed by atoms with E-state index >= 15 is 0 Å². The van der Waals surface area contributed by atoms with Crippen LogP contribution in [0.15, 0.2) is 53.9 Å². The molecule has 0 radical (unpaired) electrons. The van der Waals surface area contributed by atoms with E-state index in [2.05, 4.69) is 44.8 Å². The summed E-state index contributed by atoms with van der Waals surface area (Å²) >= 11 is 1.69. The zero-order valence-electron chi connectivity index (χ0n) is 17.1. The first-order valence-corrected chi connectivity index (χ1v) is 11.4. The van der Waals surface area contributed by atoms with Crippen LogP contribution in [0.2, 0.25) is 0 Å². The predicted molar refractivity (Wildman–Crippen MR) is 125 cm³/mol. The highest BCUT2D eigenvalue weighted by molar-refractivity contribution is 7.09. The lowest BCUT2D eigenvalue weighted by molar-refractivity contribution is 0.927. The molecule has 1 aliphatic rings. The van der Waals surface area contributed by atoms with Crippen molar-refractivity contribution in [3.63, 3.8) is 0 Å². The van der Waals surface area contributed by atoms with Crippen LogP contribution in [0.1, 0.15) is 23.4 Å². The third-order valence-corrected chi connectivity index (χ3v) is 6.31. The van der Waals surface area contributed by atoms with Crippen molar-refractivity contribution in [3.8, 4) is 11.3 Å². The lowest BCUT2D eigenvalue weighted by Gasteiger charge is -2.20. The van der Waals surface area contributed by atoms with Crippen molar-refractivity contribution in [1.82, 2.24) is 15.0 Å². The second-order valence-corrected chi connectivity index (χ2v) is 8.77. The summed E-state index contributed by atoms with van der Waals surface area (Å²) < 4.78 is 0. The summed E-state index contributed by atoms with van der Waals surface area (Å²) in [5.41, 5.74) is 5.43. The lowest BCUT2D eigenvalue weighted by atomic mass is 10.1. The zero-order valence-corrected chi connectivity index (χ0v) is 18.0. The van der Waals surface area contributed by atoms with E-state index in [0.717, 1.165) is 59.4 Å². The Labute approximate surface area is 180 Å². The Kier molecular flexibility index (Phi) is 5.32. The molecule has 0 bridgehead atoms. The molecular weight excluding hydrogens is 390 g/mol. The molecule has 4 aromatic rings. The molecule has 2 aromatic heterocycles. The van der Waals surface area contributed by atoms with Crippen LogP contribution in [0.3, 0.4) is 0 Å². The van der Waals surface area contributed by atoms with Crippen LogP contribution in [-0.4, -0.2) is 34.6 Å². The van der Waals surface area contributed by atoms with Gasteiger partial charge in [-0.15, -0.1) is 11.3 Å². The smallest absolute Gasteiger partial charge is 0.172 e. The van der Waals surface area contributed by atoms with Crippen LogP contribution in [0.25, 0.3) is 22.3 Å². The van der Waals surface area contributed by atoms with Crippen LogP contribution < -0.4 is 10.2 Å². The Balaban J connectivity index is 1.30. The highest BCUT2D eigenvalue weighted by Crippen LogP contribution is 2.28. The number of aromatic nitrogens is 3. The number of nitrogens with one attached hydrogen (secondary N) is 1. The quantitative estimate of drug-likeness (QED) is 0.462. The van der Waals surface area contributed by atoms with Crippen molar-refractivity contribution in [2.75, 3.05) is 29.9 Å². The monoisotopic (exact) mass is 415 g/mol. The molecule has 1 aliphatic heterocycles. The normalized spacial score (nSPS) is 13.8. The number of benzene rings is 2. The fourth-order valence-corrected chi connectivity index (χ4v) is 4.54.